The lowest BCUT2D eigenvalue weighted by molar-refractivity contribution is -0.129. The highest BCUT2D eigenvalue weighted by Gasteiger charge is 2.42. The molecule has 0 spiro atoms. The van der Waals surface area contributed by atoms with Crippen LogP contribution in [0, 0.1) is 18.7 Å². The molecular formula is C17H21F3N2O. The van der Waals surface area contributed by atoms with Gasteiger partial charge in [0.1, 0.15) is 11.9 Å². The van der Waals surface area contributed by atoms with Gasteiger partial charge in [-0.1, -0.05) is 6.07 Å². The zero-order chi connectivity index (χ0) is 16.6. The van der Waals surface area contributed by atoms with Crippen LogP contribution < -0.4 is 5.32 Å². The molecule has 2 fully saturated rings. The minimum atomic E-state index is -2.58. The van der Waals surface area contributed by atoms with E-state index in [1.54, 1.807) is 13.0 Å². The number of nitrogens with zero attached hydrogens (tertiary/aromatic N) is 1. The molecule has 1 aromatic rings. The van der Waals surface area contributed by atoms with Crippen LogP contribution in [-0.4, -0.2) is 36.4 Å². The lowest BCUT2D eigenvalue weighted by Gasteiger charge is -2.37. The zero-order valence-electron chi connectivity index (χ0n) is 13.1. The molecule has 2 atom stereocenters. The number of nitrogens with one attached hydrogen (secondary N) is 1. The maximum absolute atomic E-state index is 13.4. The van der Waals surface area contributed by atoms with Gasteiger partial charge in [-0.3, -0.25) is 9.69 Å². The first-order valence-electron chi connectivity index (χ1n) is 8.01. The van der Waals surface area contributed by atoms with E-state index < -0.39 is 12.0 Å². The summed E-state index contributed by atoms with van der Waals surface area (Å²) in [6.07, 6.45) is 0.304. The van der Waals surface area contributed by atoms with Crippen molar-refractivity contribution < 1.29 is 18.0 Å². The minimum Gasteiger partial charge on any atom is -0.353 e. The smallest absolute Gasteiger partial charge is 0.248 e. The highest BCUT2D eigenvalue weighted by molar-refractivity contribution is 5.84. The van der Waals surface area contributed by atoms with E-state index in [0.29, 0.717) is 31.6 Å². The fourth-order valence-corrected chi connectivity index (χ4v) is 3.72. The van der Waals surface area contributed by atoms with Crippen molar-refractivity contribution in [1.82, 2.24) is 10.2 Å². The molecule has 3 rings (SSSR count). The van der Waals surface area contributed by atoms with E-state index in [1.807, 2.05) is 4.90 Å². The normalized spacial score (nSPS) is 27.9. The van der Waals surface area contributed by atoms with E-state index in [2.05, 4.69) is 5.32 Å². The van der Waals surface area contributed by atoms with Crippen LogP contribution in [0.2, 0.25) is 0 Å². The van der Waals surface area contributed by atoms with Crippen LogP contribution in [0.4, 0.5) is 13.2 Å². The maximum atomic E-state index is 13.4. The first-order chi connectivity index (χ1) is 10.9. The Morgan fingerprint density at radius 2 is 2.17 bits per heavy atom. The molecular weight excluding hydrogens is 305 g/mol. The van der Waals surface area contributed by atoms with Crippen molar-refractivity contribution in [3.8, 4) is 0 Å². The van der Waals surface area contributed by atoms with E-state index in [1.165, 1.54) is 12.1 Å². The number of hydrogen-bond donors (Lipinski definition) is 1. The molecule has 0 aromatic heterocycles. The quantitative estimate of drug-likeness (QED) is 0.926. The number of benzene rings is 1. The average molecular weight is 326 g/mol. The van der Waals surface area contributed by atoms with Crippen molar-refractivity contribution in [2.45, 2.75) is 38.2 Å². The average Bonchev–Trinajstić information content (AvgIpc) is 2.80. The molecule has 1 N–H and O–H groups in total. The van der Waals surface area contributed by atoms with Crippen LogP contribution in [0.15, 0.2) is 18.2 Å². The minimum absolute atomic E-state index is 0.0715. The third-order valence-electron chi connectivity index (χ3n) is 4.84. The predicted octanol–water partition coefficient (Wildman–Crippen LogP) is 3.04. The third kappa shape index (κ3) is 3.52. The highest BCUT2D eigenvalue weighted by atomic mass is 19.3. The summed E-state index contributed by atoms with van der Waals surface area (Å²) in [7, 11) is 0. The maximum Gasteiger partial charge on any atom is 0.248 e. The van der Waals surface area contributed by atoms with Crippen molar-refractivity contribution in [3.63, 3.8) is 0 Å². The Hall–Kier alpha value is -1.56. The number of rotatable bonds is 3. The third-order valence-corrected chi connectivity index (χ3v) is 4.84. The Kier molecular flexibility index (Phi) is 4.36. The number of aryl methyl sites for hydroxylation is 1. The molecule has 1 aromatic carbocycles. The van der Waals surface area contributed by atoms with Gasteiger partial charge in [-0.15, -0.1) is 0 Å². The summed E-state index contributed by atoms with van der Waals surface area (Å²) < 4.78 is 40.2. The largest absolute Gasteiger partial charge is 0.353 e. The predicted molar refractivity (Wildman–Crippen MR) is 80.7 cm³/mol. The summed E-state index contributed by atoms with van der Waals surface area (Å²) in [4.78, 5) is 14.3. The van der Waals surface area contributed by atoms with Crippen molar-refractivity contribution in [1.29, 1.82) is 0 Å². The number of halogens is 3. The molecule has 0 bridgehead atoms. The summed E-state index contributed by atoms with van der Waals surface area (Å²) in [5.41, 5.74) is 1.45. The number of hydrogen-bond acceptors (Lipinski definition) is 2. The van der Waals surface area contributed by atoms with Gasteiger partial charge in [0.05, 0.1) is 0 Å². The molecule has 23 heavy (non-hydrogen) atoms. The number of amides is 1. The summed E-state index contributed by atoms with van der Waals surface area (Å²) in [6.45, 7) is 3.38. The molecule has 0 radical (unpaired) electrons. The van der Waals surface area contributed by atoms with E-state index in [-0.39, 0.29) is 30.5 Å². The van der Waals surface area contributed by atoms with Crippen LogP contribution in [-0.2, 0) is 4.79 Å². The molecule has 1 saturated heterocycles. The van der Waals surface area contributed by atoms with Crippen LogP contribution in [0.3, 0.4) is 0 Å². The van der Waals surface area contributed by atoms with Crippen LogP contribution >= 0.6 is 0 Å². The Bertz CT molecular complexity index is 606. The fourth-order valence-electron chi connectivity index (χ4n) is 3.72. The molecule has 1 aliphatic heterocycles. The van der Waals surface area contributed by atoms with Crippen LogP contribution in [0.25, 0.3) is 0 Å². The van der Waals surface area contributed by atoms with Gasteiger partial charge < -0.3 is 5.32 Å². The molecule has 1 heterocycles. The Morgan fingerprint density at radius 1 is 1.39 bits per heavy atom. The fraction of sp³-hybridized carbons (Fsp3) is 0.588. The zero-order valence-corrected chi connectivity index (χ0v) is 13.1. The van der Waals surface area contributed by atoms with E-state index in [9.17, 15) is 18.0 Å². The molecule has 3 nitrogen and oxygen atoms in total. The summed E-state index contributed by atoms with van der Waals surface area (Å²) in [5.74, 6) is -3.16. The molecule has 1 saturated carbocycles. The van der Waals surface area contributed by atoms with Gasteiger partial charge in [0, 0.05) is 32.5 Å². The van der Waals surface area contributed by atoms with Crippen molar-refractivity contribution >= 4 is 5.91 Å². The van der Waals surface area contributed by atoms with Gasteiger partial charge in [0.2, 0.25) is 11.8 Å². The Morgan fingerprint density at radius 3 is 2.83 bits per heavy atom. The molecule has 2 aliphatic rings. The number of carbonyl (C=O) groups excluding carboxylic acids is 1. The van der Waals surface area contributed by atoms with E-state index in [0.717, 1.165) is 5.56 Å². The van der Waals surface area contributed by atoms with Gasteiger partial charge in [-0.2, -0.15) is 0 Å². The van der Waals surface area contributed by atoms with Crippen LogP contribution in [0.5, 0.6) is 0 Å². The monoisotopic (exact) mass is 326 g/mol. The van der Waals surface area contributed by atoms with Gasteiger partial charge in [-0.25, -0.2) is 13.2 Å². The molecule has 2 unspecified atom stereocenters. The first kappa shape index (κ1) is 16.3. The SMILES string of the molecule is Cc1cc(F)ccc1C1C(=O)NCCN1CC1CCC(F)(F)C1. The Balaban J connectivity index is 1.81. The summed E-state index contributed by atoms with van der Waals surface area (Å²) in [5, 5.41) is 2.82. The standard InChI is InChI=1S/C17H21F3N2O/c1-11-8-13(18)2-3-14(11)15-16(23)21-6-7-22(15)10-12-4-5-17(19,20)9-12/h2-3,8,12,15H,4-7,9-10H2,1H3,(H,21,23). The van der Waals surface area contributed by atoms with Crippen molar-refractivity contribution in [2.24, 2.45) is 5.92 Å². The topological polar surface area (TPSA) is 32.3 Å². The molecule has 6 heteroatoms. The molecule has 1 amide bonds. The summed E-state index contributed by atoms with van der Waals surface area (Å²) >= 11 is 0. The number of carbonyl (C=O) groups is 1. The first-order valence-corrected chi connectivity index (χ1v) is 8.01. The second kappa shape index (κ2) is 6.15. The Labute approximate surface area is 133 Å². The number of piperazine rings is 1. The molecule has 1 aliphatic carbocycles. The second-order valence-corrected chi connectivity index (χ2v) is 6.65. The van der Waals surface area contributed by atoms with Crippen LogP contribution in [0.1, 0.15) is 36.4 Å². The van der Waals surface area contributed by atoms with Crippen molar-refractivity contribution in [3.05, 3.63) is 35.1 Å². The summed E-state index contributed by atoms with van der Waals surface area (Å²) in [6, 6.07) is 3.83. The second-order valence-electron chi connectivity index (χ2n) is 6.65. The van der Waals surface area contributed by atoms with Gasteiger partial charge >= 0.3 is 0 Å². The lowest BCUT2D eigenvalue weighted by Crippen LogP contribution is -2.51. The number of alkyl halides is 2. The van der Waals surface area contributed by atoms with Gasteiger partial charge in [0.15, 0.2) is 0 Å². The van der Waals surface area contributed by atoms with Gasteiger partial charge in [-0.05, 0) is 42.5 Å². The lowest BCUT2D eigenvalue weighted by atomic mass is 9.96. The van der Waals surface area contributed by atoms with E-state index in [4.69, 9.17) is 0 Å². The molecule has 126 valence electrons. The van der Waals surface area contributed by atoms with Crippen molar-refractivity contribution in [2.75, 3.05) is 19.6 Å². The van der Waals surface area contributed by atoms with Gasteiger partial charge in [0.25, 0.3) is 0 Å². The van der Waals surface area contributed by atoms with E-state index >= 15 is 0 Å². The highest BCUT2D eigenvalue weighted by Crippen LogP contribution is 2.40.